The molecule has 72 heavy (non-hydrogen) atoms. The Balaban J connectivity index is 1.03. The first-order chi connectivity index (χ1) is 34.3. The highest BCUT2D eigenvalue weighted by Gasteiger charge is 2.45. The number of H-pyrrole nitrogens is 1. The number of aromatic nitrogens is 1. The third-order valence-corrected chi connectivity index (χ3v) is 13.2. The molecule has 0 unspecified atom stereocenters. The van der Waals surface area contributed by atoms with Gasteiger partial charge in [0.25, 0.3) is 11.8 Å². The summed E-state index contributed by atoms with van der Waals surface area (Å²) in [7, 11) is 0. The van der Waals surface area contributed by atoms with Crippen molar-refractivity contribution in [3.63, 3.8) is 0 Å². The van der Waals surface area contributed by atoms with Gasteiger partial charge >= 0.3 is 12.2 Å². The molecule has 2 aliphatic heterocycles. The summed E-state index contributed by atoms with van der Waals surface area (Å²) in [6.45, 7) is 13.2. The highest BCUT2D eigenvalue weighted by atomic mass is 16.6. The summed E-state index contributed by atoms with van der Waals surface area (Å²) in [5.41, 5.74) is 5.86. The Morgan fingerprint density at radius 1 is 0.681 bits per heavy atom. The predicted octanol–water partition coefficient (Wildman–Crippen LogP) is 10.5. The molecular weight excluding hydrogens is 911 g/mol. The van der Waals surface area contributed by atoms with Crippen LogP contribution in [-0.2, 0) is 23.9 Å². The number of rotatable bonds is 12. The Hall–Kier alpha value is -7.94. The van der Waals surface area contributed by atoms with Gasteiger partial charge in [-0.2, -0.15) is 0 Å². The molecule has 3 heterocycles. The molecule has 2 aliphatic rings. The van der Waals surface area contributed by atoms with Gasteiger partial charge in [-0.1, -0.05) is 97.1 Å². The lowest BCUT2D eigenvalue weighted by Gasteiger charge is -2.41. The second kappa shape index (κ2) is 20.8. The summed E-state index contributed by atoms with van der Waals surface area (Å²) < 4.78 is 5.51. The first-order valence-electron chi connectivity index (χ1n) is 24.5. The fourth-order valence-corrected chi connectivity index (χ4v) is 9.90. The second-order valence-electron chi connectivity index (χ2n) is 20.5. The molecule has 5 N–H and O–H groups in total. The van der Waals surface area contributed by atoms with Gasteiger partial charge in [-0.15, -0.1) is 0 Å². The van der Waals surface area contributed by atoms with Crippen LogP contribution in [0.2, 0.25) is 0 Å². The maximum absolute atomic E-state index is 14.4. The van der Waals surface area contributed by atoms with E-state index in [2.05, 4.69) is 20.9 Å². The predicted molar refractivity (Wildman–Crippen MR) is 278 cm³/mol. The van der Waals surface area contributed by atoms with Crippen molar-refractivity contribution in [2.75, 3.05) is 23.7 Å². The SMILES string of the molecule is Cc1ccccc1-c1c(-c2ccc(NC(=O)[C@@H]3CCCN3C(=O)[C@@H](c3ccccc3)N(C(=O)O)C(C)(C)C)cc2)[nH]c2ccc(NC(=O)[C@@H]3CCCN3C(=O)[C@H](NC(=O)OC(C)(C)C)c3ccccc3)cc12. The van der Waals surface area contributed by atoms with E-state index >= 15 is 0 Å². The topological polar surface area (TPSA) is 193 Å². The first kappa shape index (κ1) is 50.4. The number of nitrogens with zero attached hydrogens (tertiary/aromatic N) is 3. The average molecular weight is 974 g/mol. The van der Waals surface area contributed by atoms with E-state index in [1.54, 1.807) is 96.1 Å². The van der Waals surface area contributed by atoms with E-state index in [0.717, 1.165) is 43.8 Å². The van der Waals surface area contributed by atoms with Crippen LogP contribution in [0.3, 0.4) is 0 Å². The van der Waals surface area contributed by atoms with Gasteiger partial charge in [0.1, 0.15) is 29.8 Å². The minimum Gasteiger partial charge on any atom is -0.465 e. The van der Waals surface area contributed by atoms with Crippen molar-refractivity contribution in [2.24, 2.45) is 0 Å². The Morgan fingerprint density at radius 3 is 1.79 bits per heavy atom. The zero-order valence-electron chi connectivity index (χ0n) is 41.8. The van der Waals surface area contributed by atoms with E-state index in [1.807, 2.05) is 79.7 Å². The molecule has 0 saturated carbocycles. The lowest BCUT2D eigenvalue weighted by molar-refractivity contribution is -0.142. The molecule has 1 aromatic heterocycles. The van der Waals surface area contributed by atoms with Gasteiger partial charge in [-0.25, -0.2) is 9.59 Å². The molecule has 4 atom stereocenters. The quantitative estimate of drug-likeness (QED) is 0.0799. The Bertz CT molecular complexity index is 2980. The van der Waals surface area contributed by atoms with Crippen LogP contribution >= 0.6 is 0 Å². The number of alkyl carbamates (subject to hydrolysis) is 1. The molecule has 0 spiro atoms. The summed E-state index contributed by atoms with van der Waals surface area (Å²) in [6.07, 6.45) is 0.0986. The van der Waals surface area contributed by atoms with E-state index in [9.17, 15) is 33.9 Å². The fourth-order valence-electron chi connectivity index (χ4n) is 9.90. The molecule has 0 aliphatic carbocycles. The zero-order chi connectivity index (χ0) is 51.5. The molecule has 15 nitrogen and oxygen atoms in total. The standard InChI is InChI=1S/C57H63N7O8/c1-35-18-14-15-23-41(35)46-42-34-40(59-51(66)44-24-16-32-62(44)52(67)48(36-19-10-8-11-20-36)61-54(69)72-57(5,6)7)30-31-43(42)60-47(46)37-26-28-39(29-27-37)58-50(65)45-25-17-33-63(45)53(68)49(38-21-12-9-13-22-38)64(55(70)71)56(2,3)4/h8-15,18-23,26-31,34,44-45,48-49,60H,16-17,24-25,32-33H2,1-7H3,(H,58,65)(H,59,66)(H,61,69)(H,70,71)/t44-,45-,48+,49+/m0/s1. The third-order valence-electron chi connectivity index (χ3n) is 13.2. The molecule has 0 bridgehead atoms. The summed E-state index contributed by atoms with van der Waals surface area (Å²) in [6, 6.07) is 35.1. The molecule has 15 heteroatoms. The van der Waals surface area contributed by atoms with Crippen LogP contribution in [-0.4, -0.2) is 96.9 Å². The van der Waals surface area contributed by atoms with Gasteiger partial charge < -0.3 is 40.6 Å². The van der Waals surface area contributed by atoms with Crippen molar-refractivity contribution in [2.45, 2.75) is 109 Å². The number of carbonyl (C=O) groups excluding carboxylic acids is 5. The first-order valence-corrected chi connectivity index (χ1v) is 24.5. The van der Waals surface area contributed by atoms with Gasteiger partial charge in [0.2, 0.25) is 11.8 Å². The maximum Gasteiger partial charge on any atom is 0.408 e. The lowest BCUT2D eigenvalue weighted by atomic mass is 9.95. The normalized spacial score (nSPS) is 16.7. The van der Waals surface area contributed by atoms with Crippen LogP contribution in [0.25, 0.3) is 33.3 Å². The van der Waals surface area contributed by atoms with E-state index in [4.69, 9.17) is 4.74 Å². The number of aryl methyl sites for hydroxylation is 1. The van der Waals surface area contributed by atoms with Crippen LogP contribution in [0.1, 0.15) is 96.0 Å². The smallest absolute Gasteiger partial charge is 0.408 e. The third kappa shape index (κ3) is 11.0. The van der Waals surface area contributed by atoms with Gasteiger partial charge in [-0.3, -0.25) is 24.1 Å². The number of benzene rings is 5. The largest absolute Gasteiger partial charge is 0.465 e. The van der Waals surface area contributed by atoms with Gasteiger partial charge in [-0.05, 0) is 132 Å². The van der Waals surface area contributed by atoms with Gasteiger partial charge in [0.15, 0.2) is 0 Å². The number of hydrogen-bond donors (Lipinski definition) is 5. The number of anilines is 2. The Labute approximate surface area is 419 Å². The molecular formula is C57H63N7O8. The minimum absolute atomic E-state index is 0.313. The van der Waals surface area contributed by atoms with E-state index in [0.29, 0.717) is 61.3 Å². The van der Waals surface area contributed by atoms with Gasteiger partial charge in [0.05, 0.1) is 5.69 Å². The summed E-state index contributed by atoms with van der Waals surface area (Å²) in [5, 5.41) is 20.1. The van der Waals surface area contributed by atoms with Crippen LogP contribution in [0.4, 0.5) is 21.0 Å². The molecule has 8 rings (SSSR count). The molecule has 2 fully saturated rings. The Morgan fingerprint density at radius 2 is 1.22 bits per heavy atom. The average Bonchev–Trinajstić information content (AvgIpc) is 4.12. The number of likely N-dealkylation sites (tertiary alicyclic amines) is 2. The monoisotopic (exact) mass is 973 g/mol. The number of amides is 6. The number of hydrogen-bond acceptors (Lipinski definition) is 7. The number of fused-ring (bicyclic) bond motifs is 1. The molecule has 0 radical (unpaired) electrons. The number of aromatic amines is 1. The maximum atomic E-state index is 14.4. The number of nitrogens with one attached hydrogen (secondary N) is 4. The van der Waals surface area contributed by atoms with Crippen LogP contribution in [0.5, 0.6) is 0 Å². The second-order valence-corrected chi connectivity index (χ2v) is 20.5. The lowest BCUT2D eigenvalue weighted by Crippen LogP contribution is -2.54. The van der Waals surface area contributed by atoms with Crippen molar-refractivity contribution in [3.8, 4) is 22.4 Å². The molecule has 6 amide bonds. The highest BCUT2D eigenvalue weighted by molar-refractivity contribution is 6.07. The van der Waals surface area contributed by atoms with Crippen molar-refractivity contribution in [1.29, 1.82) is 0 Å². The van der Waals surface area contributed by atoms with E-state index in [-0.39, 0.29) is 11.8 Å². The molecule has 374 valence electrons. The number of ether oxygens (including phenoxy) is 1. The van der Waals surface area contributed by atoms with Crippen LogP contribution in [0.15, 0.2) is 127 Å². The molecule has 5 aromatic carbocycles. The molecule has 6 aromatic rings. The molecule has 2 saturated heterocycles. The highest BCUT2D eigenvalue weighted by Crippen LogP contribution is 2.41. The number of carbonyl (C=O) groups is 6. The Kier molecular flexibility index (Phi) is 14.6. The summed E-state index contributed by atoms with van der Waals surface area (Å²) in [4.78, 5) is 90.4. The minimum atomic E-state index is -1.23. The van der Waals surface area contributed by atoms with Crippen molar-refractivity contribution in [3.05, 3.63) is 144 Å². The van der Waals surface area contributed by atoms with Crippen molar-refractivity contribution < 1.29 is 38.6 Å². The van der Waals surface area contributed by atoms with Gasteiger partial charge in [0, 0.05) is 46.5 Å². The van der Waals surface area contributed by atoms with E-state index in [1.165, 1.54) is 9.80 Å². The van der Waals surface area contributed by atoms with Crippen molar-refractivity contribution >= 4 is 58.1 Å². The zero-order valence-corrected chi connectivity index (χ0v) is 41.8. The van der Waals surface area contributed by atoms with Crippen LogP contribution in [0, 0.1) is 6.92 Å². The number of carboxylic acid groups (broad SMARTS) is 1. The summed E-state index contributed by atoms with van der Waals surface area (Å²) >= 11 is 0. The van der Waals surface area contributed by atoms with E-state index < -0.39 is 59.3 Å². The van der Waals surface area contributed by atoms with Crippen molar-refractivity contribution in [1.82, 2.24) is 25.0 Å². The van der Waals surface area contributed by atoms with Crippen LogP contribution < -0.4 is 16.0 Å². The summed E-state index contributed by atoms with van der Waals surface area (Å²) in [5.74, 6) is -1.56. The fraction of sp³-hybridized carbons (Fsp3) is 0.333.